The van der Waals surface area contributed by atoms with Crippen LogP contribution in [0.1, 0.15) is 13.3 Å². The minimum atomic E-state index is -1.66. The Kier molecular flexibility index (Phi) is 12.6. The van der Waals surface area contributed by atoms with E-state index in [9.17, 15) is 40.5 Å². The molecule has 0 radical (unpaired) electrons. The highest BCUT2D eigenvalue weighted by Crippen LogP contribution is 2.31. The first-order chi connectivity index (χ1) is 19.4. The Balaban J connectivity index is 1.84. The van der Waals surface area contributed by atoms with Crippen molar-refractivity contribution in [3.63, 3.8) is 0 Å². The van der Waals surface area contributed by atoms with Crippen molar-refractivity contribution in [3.05, 3.63) is 0 Å². The van der Waals surface area contributed by atoms with E-state index in [1.165, 1.54) is 0 Å². The summed E-state index contributed by atoms with van der Waals surface area (Å²) in [4.78, 5) is 12.5. The molecule has 3 rings (SSSR count). The molecule has 1 saturated carbocycles. The molecule has 41 heavy (non-hydrogen) atoms. The molecule has 0 aromatic carbocycles. The number of amides is 1. The molecular formula is C23H46N6O12. The van der Waals surface area contributed by atoms with Crippen molar-refractivity contribution in [3.8, 4) is 0 Å². The van der Waals surface area contributed by atoms with Crippen molar-refractivity contribution >= 4 is 5.91 Å². The lowest BCUT2D eigenvalue weighted by atomic mass is 9.83. The first-order valence-corrected chi connectivity index (χ1v) is 13.6. The van der Waals surface area contributed by atoms with E-state index in [1.54, 1.807) is 0 Å². The molecule has 240 valence electrons. The van der Waals surface area contributed by atoms with Crippen LogP contribution in [0.5, 0.6) is 0 Å². The first-order valence-electron chi connectivity index (χ1n) is 13.6. The van der Waals surface area contributed by atoms with E-state index in [0.29, 0.717) is 6.54 Å². The average Bonchev–Trinajstić information content (AvgIpc) is 2.95. The van der Waals surface area contributed by atoms with Crippen molar-refractivity contribution < 1.29 is 59.5 Å². The van der Waals surface area contributed by atoms with Gasteiger partial charge in [0.25, 0.3) is 0 Å². The molecule has 2 heterocycles. The molecule has 16 unspecified atom stereocenters. The fourth-order valence-corrected chi connectivity index (χ4v) is 5.19. The Bertz CT molecular complexity index is 834. The number of likely N-dealkylation sites (N-methyl/N-ethyl adjacent to an activating group) is 1. The summed E-state index contributed by atoms with van der Waals surface area (Å²) in [5.41, 5.74) is 23.6. The van der Waals surface area contributed by atoms with Crippen molar-refractivity contribution in [1.29, 1.82) is 0 Å². The summed E-state index contributed by atoms with van der Waals surface area (Å²) < 4.78 is 23.1. The van der Waals surface area contributed by atoms with Gasteiger partial charge in [-0.3, -0.25) is 4.79 Å². The van der Waals surface area contributed by atoms with Gasteiger partial charge in [0.05, 0.1) is 24.7 Å². The lowest BCUT2D eigenvalue weighted by molar-refractivity contribution is -0.320. The van der Waals surface area contributed by atoms with Gasteiger partial charge in [0.1, 0.15) is 61.0 Å². The molecule has 18 nitrogen and oxygen atoms in total. The van der Waals surface area contributed by atoms with Crippen LogP contribution in [0.25, 0.3) is 0 Å². The van der Waals surface area contributed by atoms with E-state index in [-0.39, 0.29) is 19.5 Å². The Hall–Kier alpha value is -1.17. The molecule has 0 aromatic rings. The van der Waals surface area contributed by atoms with Gasteiger partial charge in [-0.15, -0.1) is 0 Å². The topological polar surface area (TPSA) is 324 Å². The van der Waals surface area contributed by atoms with Crippen molar-refractivity contribution in [2.24, 2.45) is 22.9 Å². The van der Waals surface area contributed by atoms with Gasteiger partial charge in [-0.1, -0.05) is 6.92 Å². The third-order valence-electron chi connectivity index (χ3n) is 7.74. The maximum absolute atomic E-state index is 12.5. The molecule has 2 saturated heterocycles. The minimum Gasteiger partial charge on any atom is -0.394 e. The van der Waals surface area contributed by atoms with Gasteiger partial charge in [-0.05, 0) is 13.0 Å². The number of carbonyl (C=O) groups excluding carboxylic acids is 1. The van der Waals surface area contributed by atoms with Crippen LogP contribution in [-0.2, 0) is 23.7 Å². The van der Waals surface area contributed by atoms with E-state index in [2.05, 4.69) is 10.6 Å². The zero-order valence-corrected chi connectivity index (χ0v) is 22.8. The lowest BCUT2D eigenvalue weighted by Gasteiger charge is -2.49. The van der Waals surface area contributed by atoms with Crippen LogP contribution in [0, 0.1) is 0 Å². The fourth-order valence-electron chi connectivity index (χ4n) is 5.19. The summed E-state index contributed by atoms with van der Waals surface area (Å²) in [6, 6.07) is -4.58. The molecule has 18 heteroatoms. The van der Waals surface area contributed by atoms with Gasteiger partial charge in [0, 0.05) is 19.1 Å². The van der Waals surface area contributed by atoms with E-state index in [1.807, 2.05) is 6.92 Å². The van der Waals surface area contributed by atoms with Crippen LogP contribution in [0.2, 0.25) is 0 Å². The summed E-state index contributed by atoms with van der Waals surface area (Å²) in [6.07, 6.45) is -16.8. The van der Waals surface area contributed by atoms with Crippen LogP contribution in [0.4, 0.5) is 0 Å². The van der Waals surface area contributed by atoms with Gasteiger partial charge in [0.15, 0.2) is 12.6 Å². The molecular weight excluding hydrogens is 552 g/mol. The summed E-state index contributed by atoms with van der Waals surface area (Å²) in [6.45, 7) is 1.52. The molecule has 1 amide bonds. The number of aliphatic hydroxyl groups excluding tert-OH is 7. The Morgan fingerprint density at radius 1 is 0.902 bits per heavy atom. The number of hydrogen-bond donors (Lipinski definition) is 13. The molecule has 16 atom stereocenters. The predicted molar refractivity (Wildman–Crippen MR) is 138 cm³/mol. The predicted octanol–water partition coefficient (Wildman–Crippen LogP) is -8.20. The van der Waals surface area contributed by atoms with Crippen molar-refractivity contribution in [2.45, 2.75) is 111 Å². The van der Waals surface area contributed by atoms with Crippen LogP contribution < -0.4 is 33.6 Å². The second-order valence-corrected chi connectivity index (χ2v) is 10.7. The Morgan fingerprint density at radius 2 is 1.54 bits per heavy atom. The summed E-state index contributed by atoms with van der Waals surface area (Å²) in [5.74, 6) is -0.878. The monoisotopic (exact) mass is 598 g/mol. The summed E-state index contributed by atoms with van der Waals surface area (Å²) >= 11 is 0. The first kappa shape index (κ1) is 34.3. The summed E-state index contributed by atoms with van der Waals surface area (Å²) in [7, 11) is 0. The van der Waals surface area contributed by atoms with Crippen LogP contribution in [-0.4, -0.2) is 166 Å². The number of carbonyl (C=O) groups is 1. The number of aliphatic hydroxyl groups is 7. The summed E-state index contributed by atoms with van der Waals surface area (Å²) in [5, 5.41) is 78.0. The average molecular weight is 599 g/mol. The zero-order chi connectivity index (χ0) is 30.6. The highest BCUT2D eigenvalue weighted by atomic mass is 16.7. The smallest absolute Gasteiger partial charge is 0.250 e. The van der Waals surface area contributed by atoms with Gasteiger partial charge in [-0.2, -0.15) is 0 Å². The maximum Gasteiger partial charge on any atom is 0.250 e. The number of hydrogen-bond acceptors (Lipinski definition) is 17. The number of nitrogens with two attached hydrogens (primary N) is 4. The molecule has 3 aliphatic rings. The van der Waals surface area contributed by atoms with Crippen molar-refractivity contribution in [2.75, 3.05) is 26.2 Å². The third kappa shape index (κ3) is 7.68. The van der Waals surface area contributed by atoms with E-state index < -0.39 is 110 Å². The Morgan fingerprint density at radius 3 is 2.15 bits per heavy atom. The van der Waals surface area contributed by atoms with Crippen LogP contribution in [0.15, 0.2) is 0 Å². The molecule has 2 aliphatic heterocycles. The van der Waals surface area contributed by atoms with E-state index >= 15 is 0 Å². The van der Waals surface area contributed by atoms with Gasteiger partial charge < -0.3 is 88.3 Å². The maximum atomic E-state index is 12.5. The zero-order valence-electron chi connectivity index (χ0n) is 22.8. The van der Waals surface area contributed by atoms with Crippen LogP contribution in [0.3, 0.4) is 0 Å². The van der Waals surface area contributed by atoms with Gasteiger partial charge in [0.2, 0.25) is 5.91 Å². The quantitative estimate of drug-likeness (QED) is 0.105. The normalized spacial score (nSPS) is 46.2. The molecule has 1 aliphatic carbocycles. The molecule has 0 bridgehead atoms. The second kappa shape index (κ2) is 15.0. The largest absolute Gasteiger partial charge is 0.394 e. The SMILES string of the molecule is CCNCC1OC(OC2C(N)CC(NC(=O)C(O)CN)C(OC3OC(CO)C(O)C(N)C3O)C2O)C(N)C(O)C1O. The Labute approximate surface area is 236 Å². The number of rotatable bonds is 11. The molecule has 17 N–H and O–H groups in total. The second-order valence-electron chi connectivity index (χ2n) is 10.7. The third-order valence-corrected chi connectivity index (χ3v) is 7.74. The van der Waals surface area contributed by atoms with Gasteiger partial charge in [-0.25, -0.2) is 0 Å². The highest BCUT2D eigenvalue weighted by Gasteiger charge is 2.52. The van der Waals surface area contributed by atoms with E-state index in [4.69, 9.17) is 41.9 Å². The van der Waals surface area contributed by atoms with E-state index in [0.717, 1.165) is 0 Å². The number of nitrogens with one attached hydrogen (secondary N) is 2. The number of ether oxygens (including phenoxy) is 4. The standard InChI is InChI=1S/C23H46N6O12/c1-2-28-5-10-15(33)16(34)13(27)22(38-10)40-19-7(25)3-8(29-21(37)9(31)4-24)20(18(19)36)41-23-17(35)12(26)14(32)11(6-30)39-23/h7-20,22-23,28,30-36H,2-6,24-27H2,1H3,(H,29,37). The highest BCUT2D eigenvalue weighted by molar-refractivity contribution is 5.81. The molecule has 0 aromatic heterocycles. The fraction of sp³-hybridized carbons (Fsp3) is 0.957. The minimum absolute atomic E-state index is 0.0930. The lowest BCUT2D eigenvalue weighted by Crippen LogP contribution is -2.70. The molecule has 0 spiro atoms. The van der Waals surface area contributed by atoms with Crippen molar-refractivity contribution in [1.82, 2.24) is 10.6 Å². The van der Waals surface area contributed by atoms with Gasteiger partial charge >= 0.3 is 0 Å². The van der Waals surface area contributed by atoms with Crippen LogP contribution >= 0.6 is 0 Å². The molecule has 3 fully saturated rings.